The molecular weight excluding hydrogens is 268 g/mol. The normalized spacial score (nSPS) is 26.1. The van der Waals surface area contributed by atoms with Gasteiger partial charge in [0.2, 0.25) is 11.8 Å². The molecule has 0 saturated carbocycles. The molecule has 1 aromatic heterocycles. The minimum absolute atomic E-state index is 0.0436. The van der Waals surface area contributed by atoms with Gasteiger partial charge < -0.3 is 10.2 Å². The van der Waals surface area contributed by atoms with Crippen LogP contribution in [0.2, 0.25) is 0 Å². The summed E-state index contributed by atoms with van der Waals surface area (Å²) in [6, 6.07) is 1.24. The van der Waals surface area contributed by atoms with Gasteiger partial charge in [0, 0.05) is 12.4 Å². The van der Waals surface area contributed by atoms with Crippen molar-refractivity contribution in [3.05, 3.63) is 24.3 Å². The largest absolute Gasteiger partial charge is 0.342 e. The number of nitrogens with one attached hydrogen (secondary N) is 1. The van der Waals surface area contributed by atoms with Crippen LogP contribution in [0.5, 0.6) is 0 Å². The van der Waals surface area contributed by atoms with Gasteiger partial charge >= 0.3 is 0 Å². The zero-order valence-corrected chi connectivity index (χ0v) is 13.0. The molecule has 114 valence electrons. The molecule has 2 heterocycles. The second-order valence-electron chi connectivity index (χ2n) is 5.91. The number of piperazine rings is 1. The summed E-state index contributed by atoms with van der Waals surface area (Å²) >= 11 is 0. The molecule has 0 bridgehead atoms. The number of carbonyl (C=O) groups is 2. The second kappa shape index (κ2) is 5.79. The minimum atomic E-state index is -0.859. The standard InChI is InChI=1S/C15H22N4O2/c1-5-15(4)14(21)18-12(10(2)3)13(20)19(15)9-11-16-7-6-8-17-11/h6-8,10,12H,5,9H2,1-4H3,(H,18,21). The number of aromatic nitrogens is 2. The Morgan fingerprint density at radius 1 is 1.33 bits per heavy atom. The zero-order valence-electron chi connectivity index (χ0n) is 13.0. The molecular formula is C15H22N4O2. The lowest BCUT2D eigenvalue weighted by Gasteiger charge is -2.46. The molecule has 0 aliphatic carbocycles. The molecule has 1 aliphatic heterocycles. The van der Waals surface area contributed by atoms with Gasteiger partial charge in [-0.05, 0) is 25.3 Å². The molecule has 2 atom stereocenters. The monoisotopic (exact) mass is 290 g/mol. The first-order chi connectivity index (χ1) is 9.90. The van der Waals surface area contributed by atoms with Crippen LogP contribution in [0.25, 0.3) is 0 Å². The highest BCUT2D eigenvalue weighted by molar-refractivity contribution is 5.99. The predicted octanol–water partition coefficient (Wildman–Crippen LogP) is 1.13. The average Bonchev–Trinajstić information content (AvgIpc) is 2.48. The summed E-state index contributed by atoms with van der Waals surface area (Å²) in [7, 11) is 0. The van der Waals surface area contributed by atoms with Gasteiger partial charge in [-0.1, -0.05) is 20.8 Å². The summed E-state index contributed by atoms with van der Waals surface area (Å²) in [6.45, 7) is 7.80. The Labute approximate surface area is 125 Å². The van der Waals surface area contributed by atoms with Crippen molar-refractivity contribution in [3.8, 4) is 0 Å². The van der Waals surface area contributed by atoms with Crippen LogP contribution in [-0.4, -0.2) is 38.3 Å². The molecule has 1 N–H and O–H groups in total. The van der Waals surface area contributed by atoms with Crippen molar-refractivity contribution in [2.24, 2.45) is 5.92 Å². The van der Waals surface area contributed by atoms with Crippen molar-refractivity contribution >= 4 is 11.8 Å². The Balaban J connectivity index is 2.35. The molecule has 0 radical (unpaired) electrons. The van der Waals surface area contributed by atoms with Crippen LogP contribution in [0, 0.1) is 5.92 Å². The van der Waals surface area contributed by atoms with E-state index < -0.39 is 11.6 Å². The maximum absolute atomic E-state index is 12.7. The van der Waals surface area contributed by atoms with E-state index >= 15 is 0 Å². The van der Waals surface area contributed by atoms with Crippen LogP contribution < -0.4 is 5.32 Å². The fourth-order valence-corrected chi connectivity index (χ4v) is 2.50. The molecule has 0 spiro atoms. The van der Waals surface area contributed by atoms with E-state index in [0.29, 0.717) is 12.2 Å². The van der Waals surface area contributed by atoms with E-state index in [4.69, 9.17) is 0 Å². The third-order valence-electron chi connectivity index (χ3n) is 4.18. The van der Waals surface area contributed by atoms with Crippen LogP contribution in [0.1, 0.15) is 39.9 Å². The lowest BCUT2D eigenvalue weighted by molar-refractivity contribution is -0.159. The van der Waals surface area contributed by atoms with Crippen molar-refractivity contribution in [3.63, 3.8) is 0 Å². The highest BCUT2D eigenvalue weighted by Crippen LogP contribution is 2.28. The lowest BCUT2D eigenvalue weighted by atomic mass is 9.88. The number of hydrogen-bond acceptors (Lipinski definition) is 4. The Morgan fingerprint density at radius 2 is 1.95 bits per heavy atom. The summed E-state index contributed by atoms with van der Waals surface area (Å²) < 4.78 is 0. The number of rotatable bonds is 4. The van der Waals surface area contributed by atoms with E-state index in [0.717, 1.165) is 0 Å². The molecule has 0 aromatic carbocycles. The first kappa shape index (κ1) is 15.4. The Hall–Kier alpha value is -1.98. The maximum atomic E-state index is 12.7. The van der Waals surface area contributed by atoms with Gasteiger partial charge in [-0.25, -0.2) is 9.97 Å². The topological polar surface area (TPSA) is 75.2 Å². The number of carbonyl (C=O) groups excluding carboxylic acids is 2. The number of nitrogens with zero attached hydrogens (tertiary/aromatic N) is 3. The third-order valence-corrected chi connectivity index (χ3v) is 4.18. The van der Waals surface area contributed by atoms with Gasteiger partial charge in [-0.2, -0.15) is 0 Å². The predicted molar refractivity (Wildman–Crippen MR) is 78.0 cm³/mol. The van der Waals surface area contributed by atoms with Crippen molar-refractivity contribution in [2.75, 3.05) is 0 Å². The molecule has 2 rings (SSSR count). The first-order valence-electron chi connectivity index (χ1n) is 7.28. The number of hydrogen-bond donors (Lipinski definition) is 1. The zero-order chi connectivity index (χ0) is 15.6. The molecule has 2 amide bonds. The van der Waals surface area contributed by atoms with E-state index in [1.165, 1.54) is 0 Å². The quantitative estimate of drug-likeness (QED) is 0.902. The Kier molecular flexibility index (Phi) is 4.25. The molecule has 1 saturated heterocycles. The molecule has 1 aromatic rings. The van der Waals surface area contributed by atoms with E-state index in [-0.39, 0.29) is 24.3 Å². The molecule has 1 aliphatic rings. The van der Waals surface area contributed by atoms with Gasteiger partial charge in [0.1, 0.15) is 17.4 Å². The minimum Gasteiger partial charge on any atom is -0.342 e. The van der Waals surface area contributed by atoms with Gasteiger partial charge in [-0.3, -0.25) is 9.59 Å². The summed E-state index contributed by atoms with van der Waals surface area (Å²) in [6.07, 6.45) is 3.82. The van der Waals surface area contributed by atoms with Gasteiger partial charge in [-0.15, -0.1) is 0 Å². The SMILES string of the molecule is CCC1(C)C(=O)NC(C(C)C)C(=O)N1Cc1ncccn1. The smallest absolute Gasteiger partial charge is 0.246 e. The van der Waals surface area contributed by atoms with Gasteiger partial charge in [0.25, 0.3) is 0 Å². The van der Waals surface area contributed by atoms with Crippen molar-refractivity contribution in [1.82, 2.24) is 20.2 Å². The summed E-state index contributed by atoms with van der Waals surface area (Å²) in [5.41, 5.74) is -0.859. The third kappa shape index (κ3) is 2.75. The second-order valence-corrected chi connectivity index (χ2v) is 5.91. The molecule has 2 unspecified atom stereocenters. The van der Waals surface area contributed by atoms with Crippen molar-refractivity contribution in [1.29, 1.82) is 0 Å². The summed E-state index contributed by atoms with van der Waals surface area (Å²) in [5, 5.41) is 2.85. The Bertz CT molecular complexity index is 532. The fourth-order valence-electron chi connectivity index (χ4n) is 2.50. The summed E-state index contributed by atoms with van der Waals surface area (Å²) in [5.74, 6) is 0.408. The molecule has 6 heteroatoms. The highest BCUT2D eigenvalue weighted by Gasteiger charge is 2.49. The van der Waals surface area contributed by atoms with Crippen LogP contribution >= 0.6 is 0 Å². The number of amides is 2. The summed E-state index contributed by atoms with van der Waals surface area (Å²) in [4.78, 5) is 35.2. The highest BCUT2D eigenvalue weighted by atomic mass is 16.2. The van der Waals surface area contributed by atoms with E-state index in [9.17, 15) is 9.59 Å². The van der Waals surface area contributed by atoms with E-state index in [2.05, 4.69) is 15.3 Å². The molecule has 21 heavy (non-hydrogen) atoms. The van der Waals surface area contributed by atoms with E-state index in [1.54, 1.807) is 30.3 Å². The average molecular weight is 290 g/mol. The fraction of sp³-hybridized carbons (Fsp3) is 0.600. The van der Waals surface area contributed by atoms with Crippen molar-refractivity contribution < 1.29 is 9.59 Å². The van der Waals surface area contributed by atoms with Crippen LogP contribution in [-0.2, 0) is 16.1 Å². The lowest BCUT2D eigenvalue weighted by Crippen LogP contribution is -2.70. The molecule has 6 nitrogen and oxygen atoms in total. The van der Waals surface area contributed by atoms with Crippen molar-refractivity contribution in [2.45, 2.75) is 52.2 Å². The van der Waals surface area contributed by atoms with Crippen LogP contribution in [0.15, 0.2) is 18.5 Å². The maximum Gasteiger partial charge on any atom is 0.246 e. The molecule has 1 fully saturated rings. The van der Waals surface area contributed by atoms with E-state index in [1.807, 2.05) is 20.8 Å². The van der Waals surface area contributed by atoms with Gasteiger partial charge in [0.15, 0.2) is 0 Å². The van der Waals surface area contributed by atoms with Crippen LogP contribution in [0.4, 0.5) is 0 Å². The first-order valence-corrected chi connectivity index (χ1v) is 7.28. The van der Waals surface area contributed by atoms with Gasteiger partial charge in [0.05, 0.1) is 6.54 Å². The Morgan fingerprint density at radius 3 is 2.48 bits per heavy atom. The van der Waals surface area contributed by atoms with Crippen LogP contribution in [0.3, 0.4) is 0 Å².